The van der Waals surface area contributed by atoms with Crippen molar-refractivity contribution in [1.29, 1.82) is 0 Å². The monoisotopic (exact) mass is 297 g/mol. The van der Waals surface area contributed by atoms with Crippen molar-refractivity contribution < 1.29 is 0 Å². The first-order valence-corrected chi connectivity index (χ1v) is 6.86. The lowest BCUT2D eigenvalue weighted by molar-refractivity contribution is 0.420. The van der Waals surface area contributed by atoms with Gasteiger partial charge in [0.2, 0.25) is 0 Å². The molecular weight excluding hydrogens is 281 g/mol. The fraction of sp³-hybridized carbons (Fsp3) is 0.357. The van der Waals surface area contributed by atoms with Crippen LogP contribution >= 0.6 is 23.2 Å². The molecule has 3 nitrogen and oxygen atoms in total. The molecule has 0 radical (unpaired) electrons. The number of hydrogen-bond donors (Lipinski definition) is 1. The van der Waals surface area contributed by atoms with Crippen LogP contribution in [0.5, 0.6) is 0 Å². The summed E-state index contributed by atoms with van der Waals surface area (Å²) in [7, 11) is 0. The van der Waals surface area contributed by atoms with E-state index in [-0.39, 0.29) is 5.54 Å². The number of nitrogens with zero attached hydrogens (tertiary/aromatic N) is 2. The Labute approximate surface area is 123 Å². The van der Waals surface area contributed by atoms with Gasteiger partial charge in [0.25, 0.3) is 0 Å². The second kappa shape index (κ2) is 5.53. The minimum atomic E-state index is 0.0669. The summed E-state index contributed by atoms with van der Waals surface area (Å²) in [6.07, 6.45) is 1.89. The Morgan fingerprint density at radius 2 is 1.95 bits per heavy atom. The lowest BCUT2D eigenvalue weighted by Gasteiger charge is -2.19. The molecule has 1 N–H and O–H groups in total. The first kappa shape index (κ1) is 14.4. The van der Waals surface area contributed by atoms with E-state index in [0.717, 1.165) is 11.4 Å². The maximum absolute atomic E-state index is 6.18. The summed E-state index contributed by atoms with van der Waals surface area (Å²) in [5.74, 6) is 0. The van der Waals surface area contributed by atoms with Crippen LogP contribution in [0.3, 0.4) is 0 Å². The lowest BCUT2D eigenvalue weighted by Crippen LogP contribution is -2.35. The molecule has 0 aliphatic rings. The van der Waals surface area contributed by atoms with Crippen molar-refractivity contribution in [3.05, 3.63) is 46.2 Å². The highest BCUT2D eigenvalue weighted by atomic mass is 35.5. The molecule has 2 rings (SSSR count). The number of hydrogen-bond acceptors (Lipinski definition) is 2. The molecule has 5 heteroatoms. The van der Waals surface area contributed by atoms with E-state index < -0.39 is 0 Å². The van der Waals surface area contributed by atoms with Gasteiger partial charge in [-0.3, -0.25) is 0 Å². The summed E-state index contributed by atoms with van der Waals surface area (Å²) in [5, 5.41) is 8.94. The molecule has 0 saturated carbocycles. The van der Waals surface area contributed by atoms with Gasteiger partial charge in [-0.25, -0.2) is 4.68 Å². The van der Waals surface area contributed by atoms with Gasteiger partial charge < -0.3 is 5.32 Å². The quantitative estimate of drug-likeness (QED) is 0.925. The topological polar surface area (TPSA) is 29.9 Å². The number of aromatic nitrogens is 2. The van der Waals surface area contributed by atoms with E-state index >= 15 is 0 Å². The summed E-state index contributed by atoms with van der Waals surface area (Å²) in [5.41, 5.74) is 1.82. The van der Waals surface area contributed by atoms with Crippen molar-refractivity contribution in [2.24, 2.45) is 0 Å². The molecule has 2 aromatic rings. The van der Waals surface area contributed by atoms with E-state index in [1.807, 2.05) is 24.4 Å². The van der Waals surface area contributed by atoms with Gasteiger partial charge in [-0.1, -0.05) is 29.3 Å². The van der Waals surface area contributed by atoms with Gasteiger partial charge in [0.15, 0.2) is 0 Å². The van der Waals surface area contributed by atoms with Gasteiger partial charge >= 0.3 is 0 Å². The van der Waals surface area contributed by atoms with E-state index in [1.165, 1.54) is 0 Å². The van der Waals surface area contributed by atoms with E-state index in [4.69, 9.17) is 23.2 Å². The van der Waals surface area contributed by atoms with Gasteiger partial charge in [-0.2, -0.15) is 5.10 Å². The van der Waals surface area contributed by atoms with E-state index in [1.54, 1.807) is 10.7 Å². The van der Waals surface area contributed by atoms with E-state index in [2.05, 4.69) is 31.2 Å². The SMILES string of the molecule is CC(C)(C)NCc1ccn(-c2cccc(Cl)c2Cl)n1. The maximum atomic E-state index is 6.18. The van der Waals surface area contributed by atoms with Crippen LogP contribution in [0.4, 0.5) is 0 Å². The molecule has 0 saturated heterocycles. The molecule has 0 fully saturated rings. The molecule has 1 aromatic carbocycles. The van der Waals surface area contributed by atoms with Crippen LogP contribution in [0, 0.1) is 0 Å². The Morgan fingerprint density at radius 1 is 1.21 bits per heavy atom. The fourth-order valence-corrected chi connectivity index (χ4v) is 2.00. The van der Waals surface area contributed by atoms with Gasteiger partial charge in [-0.15, -0.1) is 0 Å². The number of halogens is 2. The zero-order valence-electron chi connectivity index (χ0n) is 11.2. The summed E-state index contributed by atoms with van der Waals surface area (Å²) < 4.78 is 1.74. The third-order valence-electron chi connectivity index (χ3n) is 2.62. The van der Waals surface area contributed by atoms with Crippen LogP contribution in [0.2, 0.25) is 10.0 Å². The first-order chi connectivity index (χ1) is 8.87. The molecular formula is C14H17Cl2N3. The molecule has 19 heavy (non-hydrogen) atoms. The Kier molecular flexibility index (Phi) is 4.19. The minimum absolute atomic E-state index is 0.0669. The van der Waals surface area contributed by atoms with Crippen LogP contribution in [-0.2, 0) is 6.54 Å². The molecule has 0 aliphatic carbocycles. The van der Waals surface area contributed by atoms with Gasteiger partial charge in [0.1, 0.15) is 0 Å². The molecule has 1 aromatic heterocycles. The highest BCUT2D eigenvalue weighted by Gasteiger charge is 2.11. The van der Waals surface area contributed by atoms with Crippen molar-refractivity contribution in [1.82, 2.24) is 15.1 Å². The second-order valence-corrected chi connectivity index (χ2v) is 6.21. The van der Waals surface area contributed by atoms with E-state index in [9.17, 15) is 0 Å². The lowest BCUT2D eigenvalue weighted by atomic mass is 10.1. The Hall–Kier alpha value is -1.03. The molecule has 0 bridgehead atoms. The third kappa shape index (κ3) is 3.72. The summed E-state index contributed by atoms with van der Waals surface area (Å²) in [4.78, 5) is 0. The summed E-state index contributed by atoms with van der Waals surface area (Å²) in [6, 6.07) is 7.48. The standard InChI is InChI=1S/C14H17Cl2N3/c1-14(2,3)17-9-10-7-8-19(18-10)12-6-4-5-11(15)13(12)16/h4-8,17H,9H2,1-3H3. The smallest absolute Gasteiger partial charge is 0.0849 e. The zero-order chi connectivity index (χ0) is 14.0. The van der Waals surface area contributed by atoms with Crippen molar-refractivity contribution >= 4 is 23.2 Å². The Morgan fingerprint density at radius 3 is 2.63 bits per heavy atom. The predicted octanol–water partition coefficient (Wildman–Crippen LogP) is 4.07. The number of rotatable bonds is 3. The van der Waals surface area contributed by atoms with Crippen LogP contribution in [0.25, 0.3) is 5.69 Å². The van der Waals surface area contributed by atoms with Crippen LogP contribution in [0.15, 0.2) is 30.5 Å². The van der Waals surface area contributed by atoms with Crippen molar-refractivity contribution in [3.63, 3.8) is 0 Å². The molecule has 1 heterocycles. The van der Waals surface area contributed by atoms with Gasteiger partial charge in [-0.05, 0) is 39.0 Å². The third-order valence-corrected chi connectivity index (χ3v) is 3.43. The van der Waals surface area contributed by atoms with Crippen molar-refractivity contribution in [3.8, 4) is 5.69 Å². The van der Waals surface area contributed by atoms with E-state index in [0.29, 0.717) is 16.6 Å². The summed E-state index contributed by atoms with van der Waals surface area (Å²) in [6.45, 7) is 7.09. The highest BCUT2D eigenvalue weighted by molar-refractivity contribution is 6.43. The Balaban J connectivity index is 2.19. The molecule has 0 aliphatic heterocycles. The normalized spacial score (nSPS) is 11.8. The average Bonchev–Trinajstić information content (AvgIpc) is 2.78. The largest absolute Gasteiger partial charge is 0.306 e. The maximum Gasteiger partial charge on any atom is 0.0849 e. The Bertz CT molecular complexity index is 570. The van der Waals surface area contributed by atoms with Crippen molar-refractivity contribution in [2.45, 2.75) is 32.9 Å². The molecule has 0 unspecified atom stereocenters. The predicted molar refractivity (Wildman–Crippen MR) is 80.2 cm³/mol. The molecule has 0 amide bonds. The highest BCUT2D eigenvalue weighted by Crippen LogP contribution is 2.27. The molecule has 0 atom stereocenters. The van der Waals surface area contributed by atoms with Gasteiger partial charge in [0, 0.05) is 18.3 Å². The van der Waals surface area contributed by atoms with Crippen molar-refractivity contribution in [2.75, 3.05) is 0 Å². The molecule has 102 valence electrons. The van der Waals surface area contributed by atoms with Gasteiger partial charge in [0.05, 0.1) is 21.4 Å². The number of benzene rings is 1. The molecule has 0 spiro atoms. The fourth-order valence-electron chi connectivity index (χ4n) is 1.62. The minimum Gasteiger partial charge on any atom is -0.306 e. The summed E-state index contributed by atoms with van der Waals surface area (Å²) >= 11 is 12.2. The number of nitrogens with one attached hydrogen (secondary N) is 1. The first-order valence-electron chi connectivity index (χ1n) is 6.11. The van der Waals surface area contributed by atoms with Crippen LogP contribution in [0.1, 0.15) is 26.5 Å². The second-order valence-electron chi connectivity index (χ2n) is 5.43. The average molecular weight is 298 g/mol. The van der Waals surface area contributed by atoms with Crippen LogP contribution in [-0.4, -0.2) is 15.3 Å². The van der Waals surface area contributed by atoms with Crippen LogP contribution < -0.4 is 5.32 Å². The zero-order valence-corrected chi connectivity index (χ0v) is 12.8.